The quantitative estimate of drug-likeness (QED) is 0.933. The van der Waals surface area contributed by atoms with Gasteiger partial charge in [0, 0.05) is 13.2 Å². The first-order chi connectivity index (χ1) is 8.18. The minimum absolute atomic E-state index is 0.170. The van der Waals surface area contributed by atoms with Crippen LogP contribution in [-0.4, -0.2) is 14.8 Å². The molecule has 0 aliphatic rings. The second-order valence-corrected chi connectivity index (χ2v) is 4.27. The Hall–Kier alpha value is -1.69. The number of hydrogen-bond donors (Lipinski definition) is 1. The molecule has 0 atom stereocenters. The third kappa shape index (κ3) is 2.71. The molecule has 2 aromatic heterocycles. The molecule has 0 spiro atoms. The lowest BCUT2D eigenvalue weighted by Crippen LogP contribution is -2.21. The van der Waals surface area contributed by atoms with E-state index < -0.39 is 0 Å². The summed E-state index contributed by atoms with van der Waals surface area (Å²) >= 11 is 3.25. The van der Waals surface area contributed by atoms with E-state index in [1.165, 1.54) is 4.68 Å². The molecule has 17 heavy (non-hydrogen) atoms. The van der Waals surface area contributed by atoms with E-state index in [-0.39, 0.29) is 5.56 Å². The first-order valence-electron chi connectivity index (χ1n) is 5.04. The Morgan fingerprint density at radius 3 is 3.00 bits per heavy atom. The monoisotopic (exact) mass is 294 g/mol. The summed E-state index contributed by atoms with van der Waals surface area (Å²) in [5.74, 6) is 0. The smallest absolute Gasteiger partial charge is 0.282 e. The highest BCUT2D eigenvalue weighted by Crippen LogP contribution is 2.16. The molecule has 2 aromatic rings. The van der Waals surface area contributed by atoms with Crippen LogP contribution < -0.4 is 10.9 Å². The fraction of sp³-hybridized carbons (Fsp3) is 0.182. The second kappa shape index (κ2) is 5.09. The van der Waals surface area contributed by atoms with Gasteiger partial charge < -0.3 is 5.32 Å². The Bertz CT molecular complexity index is 567. The average Bonchev–Trinajstić information content (AvgIpc) is 2.36. The fourth-order valence-electron chi connectivity index (χ4n) is 1.32. The van der Waals surface area contributed by atoms with E-state index in [1.807, 2.05) is 18.2 Å². The molecule has 5 nitrogen and oxygen atoms in total. The summed E-state index contributed by atoms with van der Waals surface area (Å²) in [5.41, 5.74) is 1.40. The maximum atomic E-state index is 11.6. The molecule has 0 saturated heterocycles. The van der Waals surface area contributed by atoms with Gasteiger partial charge in [0.2, 0.25) is 0 Å². The molecule has 0 bridgehead atoms. The molecule has 0 aliphatic carbocycles. The standard InChI is InChI=1S/C11H11BrN4O/c1-16-11(17)10(12)9(7-15-16)14-6-8-4-2-3-5-13-8/h2-5,7,14H,6H2,1H3. The van der Waals surface area contributed by atoms with Crippen molar-refractivity contribution < 1.29 is 0 Å². The molecule has 2 rings (SSSR count). The van der Waals surface area contributed by atoms with E-state index in [2.05, 4.69) is 31.3 Å². The second-order valence-electron chi connectivity index (χ2n) is 3.48. The van der Waals surface area contributed by atoms with Crippen LogP contribution in [0.3, 0.4) is 0 Å². The molecule has 6 heteroatoms. The number of hydrogen-bond acceptors (Lipinski definition) is 4. The van der Waals surface area contributed by atoms with Gasteiger partial charge in [-0.1, -0.05) is 6.07 Å². The molecule has 0 aromatic carbocycles. The number of halogens is 1. The normalized spacial score (nSPS) is 10.2. The molecule has 0 saturated carbocycles. The van der Waals surface area contributed by atoms with Crippen molar-refractivity contribution in [1.82, 2.24) is 14.8 Å². The van der Waals surface area contributed by atoms with Gasteiger partial charge in [0.1, 0.15) is 4.47 Å². The molecule has 1 N–H and O–H groups in total. The summed E-state index contributed by atoms with van der Waals surface area (Å²) in [6.07, 6.45) is 3.34. The van der Waals surface area contributed by atoms with Crippen molar-refractivity contribution in [3.8, 4) is 0 Å². The van der Waals surface area contributed by atoms with Crippen LogP contribution in [0.4, 0.5) is 5.69 Å². The average molecular weight is 295 g/mol. The van der Waals surface area contributed by atoms with E-state index in [9.17, 15) is 4.79 Å². The lowest BCUT2D eigenvalue weighted by atomic mass is 10.3. The Morgan fingerprint density at radius 2 is 2.29 bits per heavy atom. The number of anilines is 1. The summed E-state index contributed by atoms with van der Waals surface area (Å²) in [4.78, 5) is 15.8. The summed E-state index contributed by atoms with van der Waals surface area (Å²) in [5, 5.41) is 7.06. The Balaban J connectivity index is 2.15. The van der Waals surface area contributed by atoms with Crippen LogP contribution >= 0.6 is 15.9 Å². The van der Waals surface area contributed by atoms with Crippen molar-refractivity contribution in [3.63, 3.8) is 0 Å². The topological polar surface area (TPSA) is 59.8 Å². The van der Waals surface area contributed by atoms with Crippen LogP contribution in [-0.2, 0) is 13.6 Å². The van der Waals surface area contributed by atoms with E-state index in [0.29, 0.717) is 16.7 Å². The highest BCUT2D eigenvalue weighted by Gasteiger charge is 2.06. The summed E-state index contributed by atoms with van der Waals surface area (Å²) in [6.45, 7) is 0.550. The van der Waals surface area contributed by atoms with Crippen molar-refractivity contribution in [2.45, 2.75) is 6.54 Å². The van der Waals surface area contributed by atoms with Gasteiger partial charge in [-0.25, -0.2) is 4.68 Å². The van der Waals surface area contributed by atoms with Crippen LogP contribution in [0.1, 0.15) is 5.69 Å². The van der Waals surface area contributed by atoms with Crippen LogP contribution in [0, 0.1) is 0 Å². The summed E-state index contributed by atoms with van der Waals surface area (Å²) in [6, 6.07) is 5.69. The first-order valence-corrected chi connectivity index (χ1v) is 5.83. The number of pyridine rings is 1. The molecule has 0 unspecified atom stereocenters. The van der Waals surface area contributed by atoms with E-state index in [4.69, 9.17) is 0 Å². The molecule has 2 heterocycles. The van der Waals surface area contributed by atoms with Gasteiger partial charge in [0.15, 0.2) is 0 Å². The van der Waals surface area contributed by atoms with Crippen molar-refractivity contribution in [2.75, 3.05) is 5.32 Å². The number of nitrogens with zero attached hydrogens (tertiary/aromatic N) is 3. The van der Waals surface area contributed by atoms with E-state index in [1.54, 1.807) is 19.4 Å². The highest BCUT2D eigenvalue weighted by molar-refractivity contribution is 9.10. The maximum Gasteiger partial charge on any atom is 0.282 e. The molecule has 0 amide bonds. The predicted molar refractivity (Wildman–Crippen MR) is 68.7 cm³/mol. The number of nitrogens with one attached hydrogen (secondary N) is 1. The third-order valence-corrected chi connectivity index (χ3v) is 3.03. The van der Waals surface area contributed by atoms with Crippen LogP contribution in [0.25, 0.3) is 0 Å². The van der Waals surface area contributed by atoms with Crippen LogP contribution in [0.5, 0.6) is 0 Å². The van der Waals surface area contributed by atoms with E-state index in [0.717, 1.165) is 5.69 Å². The minimum atomic E-state index is -0.170. The molecule has 0 fully saturated rings. The lowest BCUT2D eigenvalue weighted by molar-refractivity contribution is 0.703. The largest absolute Gasteiger partial charge is 0.377 e. The van der Waals surface area contributed by atoms with E-state index >= 15 is 0 Å². The predicted octanol–water partition coefficient (Wildman–Crippen LogP) is 1.55. The molecular formula is C11H11BrN4O. The highest BCUT2D eigenvalue weighted by atomic mass is 79.9. The zero-order valence-electron chi connectivity index (χ0n) is 9.22. The van der Waals surface area contributed by atoms with Gasteiger partial charge >= 0.3 is 0 Å². The molecule has 88 valence electrons. The van der Waals surface area contributed by atoms with Gasteiger partial charge in [-0.3, -0.25) is 9.78 Å². The van der Waals surface area contributed by atoms with Gasteiger partial charge in [0.05, 0.1) is 24.1 Å². The van der Waals surface area contributed by atoms with Crippen LogP contribution in [0.15, 0.2) is 39.9 Å². The number of rotatable bonds is 3. The Morgan fingerprint density at radius 1 is 1.47 bits per heavy atom. The van der Waals surface area contributed by atoms with Gasteiger partial charge in [-0.05, 0) is 28.1 Å². The van der Waals surface area contributed by atoms with Crippen molar-refractivity contribution in [1.29, 1.82) is 0 Å². The Kier molecular flexibility index (Phi) is 3.53. The summed E-state index contributed by atoms with van der Waals surface area (Å²) in [7, 11) is 1.61. The van der Waals surface area contributed by atoms with Crippen molar-refractivity contribution in [3.05, 3.63) is 51.1 Å². The zero-order valence-corrected chi connectivity index (χ0v) is 10.8. The summed E-state index contributed by atoms with van der Waals surface area (Å²) < 4.78 is 1.75. The maximum absolute atomic E-state index is 11.6. The number of aromatic nitrogens is 3. The minimum Gasteiger partial charge on any atom is -0.377 e. The molecular weight excluding hydrogens is 284 g/mol. The van der Waals surface area contributed by atoms with Crippen molar-refractivity contribution >= 4 is 21.6 Å². The Labute approximate surface area is 107 Å². The van der Waals surface area contributed by atoms with Gasteiger partial charge in [-0.2, -0.15) is 5.10 Å². The van der Waals surface area contributed by atoms with Crippen LogP contribution in [0.2, 0.25) is 0 Å². The SMILES string of the molecule is Cn1ncc(NCc2ccccn2)c(Br)c1=O. The molecule has 0 aliphatic heterocycles. The number of aryl methyl sites for hydroxylation is 1. The van der Waals surface area contributed by atoms with Gasteiger partial charge in [0.25, 0.3) is 5.56 Å². The first kappa shape index (κ1) is 11.8. The van der Waals surface area contributed by atoms with Crippen molar-refractivity contribution in [2.24, 2.45) is 7.05 Å². The fourth-order valence-corrected chi connectivity index (χ4v) is 1.82. The zero-order chi connectivity index (χ0) is 12.3. The third-order valence-electron chi connectivity index (χ3n) is 2.26. The molecule has 0 radical (unpaired) electrons. The van der Waals surface area contributed by atoms with Gasteiger partial charge in [-0.15, -0.1) is 0 Å². The lowest BCUT2D eigenvalue weighted by Gasteiger charge is -2.07.